The zero-order chi connectivity index (χ0) is 23.4. The van der Waals surface area contributed by atoms with Gasteiger partial charge in [-0.15, -0.1) is 0 Å². The molecule has 0 saturated carbocycles. The predicted octanol–water partition coefficient (Wildman–Crippen LogP) is 3.62. The van der Waals surface area contributed by atoms with Crippen LogP contribution in [0.2, 0.25) is 0 Å². The van der Waals surface area contributed by atoms with E-state index in [1.165, 1.54) is 83.5 Å². The van der Waals surface area contributed by atoms with Gasteiger partial charge in [0, 0.05) is 19.8 Å². The molecule has 1 rings (SSSR count). The van der Waals surface area contributed by atoms with Gasteiger partial charge >= 0.3 is 0 Å². The van der Waals surface area contributed by atoms with E-state index in [9.17, 15) is 10.2 Å². The summed E-state index contributed by atoms with van der Waals surface area (Å²) in [4.78, 5) is 0. The summed E-state index contributed by atoms with van der Waals surface area (Å²) in [5.74, 6) is 0. The van der Waals surface area contributed by atoms with Crippen LogP contribution >= 0.6 is 0 Å². The monoisotopic (exact) mass is 460 g/mol. The summed E-state index contributed by atoms with van der Waals surface area (Å²) >= 11 is 0. The molecule has 5 atom stereocenters. The molecular formula is C25H52N2O5. The summed E-state index contributed by atoms with van der Waals surface area (Å²) in [5.41, 5.74) is 11.4. The van der Waals surface area contributed by atoms with Crippen LogP contribution in [-0.4, -0.2) is 67.2 Å². The Morgan fingerprint density at radius 3 is 1.72 bits per heavy atom. The van der Waals surface area contributed by atoms with E-state index in [-0.39, 0.29) is 6.54 Å². The molecule has 0 amide bonds. The quantitative estimate of drug-likeness (QED) is 0.193. The normalized spacial score (nSPS) is 26.0. The third-order valence-corrected chi connectivity index (χ3v) is 6.34. The summed E-state index contributed by atoms with van der Waals surface area (Å²) in [6.45, 7) is 4.23. The number of nitrogens with two attached hydrogens (primary N) is 2. The van der Waals surface area contributed by atoms with Crippen molar-refractivity contribution in [1.82, 2.24) is 0 Å². The molecule has 1 saturated heterocycles. The Bertz CT molecular complexity index is 414. The van der Waals surface area contributed by atoms with Crippen LogP contribution in [0.4, 0.5) is 0 Å². The molecule has 0 radical (unpaired) electrons. The molecule has 2 unspecified atom stereocenters. The molecule has 0 aromatic heterocycles. The van der Waals surface area contributed by atoms with Crippen molar-refractivity contribution in [2.24, 2.45) is 11.5 Å². The minimum Gasteiger partial charge on any atom is -0.388 e. The highest BCUT2D eigenvalue weighted by atomic mass is 16.7. The van der Waals surface area contributed by atoms with E-state index in [0.717, 1.165) is 19.4 Å². The zero-order valence-corrected chi connectivity index (χ0v) is 20.6. The SMILES string of the molecule is CCCCCCCCCCCCCCCCOCCCO[C@@H]1OC(CN)[C@@H](O)[C@H](O)C1N. The Balaban J connectivity index is 1.82. The molecule has 1 aliphatic heterocycles. The highest BCUT2D eigenvalue weighted by molar-refractivity contribution is 4.91. The smallest absolute Gasteiger partial charge is 0.175 e. The fourth-order valence-electron chi connectivity index (χ4n) is 4.16. The number of hydrogen-bond donors (Lipinski definition) is 4. The van der Waals surface area contributed by atoms with Gasteiger partial charge in [-0.25, -0.2) is 0 Å². The van der Waals surface area contributed by atoms with Crippen molar-refractivity contribution < 1.29 is 24.4 Å². The fourth-order valence-corrected chi connectivity index (χ4v) is 4.16. The molecule has 7 heteroatoms. The Morgan fingerprint density at radius 1 is 0.688 bits per heavy atom. The molecule has 0 aromatic rings. The topological polar surface area (TPSA) is 120 Å². The van der Waals surface area contributed by atoms with Gasteiger partial charge in [-0.3, -0.25) is 0 Å². The lowest BCUT2D eigenvalue weighted by molar-refractivity contribution is -0.257. The summed E-state index contributed by atoms with van der Waals surface area (Å²) in [6.07, 6.45) is 16.1. The van der Waals surface area contributed by atoms with Crippen molar-refractivity contribution in [3.8, 4) is 0 Å². The van der Waals surface area contributed by atoms with Crippen LogP contribution in [-0.2, 0) is 14.2 Å². The molecule has 1 fully saturated rings. The molecule has 7 nitrogen and oxygen atoms in total. The first kappa shape index (κ1) is 29.8. The van der Waals surface area contributed by atoms with Crippen LogP contribution in [0.15, 0.2) is 0 Å². The van der Waals surface area contributed by atoms with Gasteiger partial charge in [0.2, 0.25) is 0 Å². The Labute approximate surface area is 196 Å². The Morgan fingerprint density at radius 2 is 1.19 bits per heavy atom. The zero-order valence-electron chi connectivity index (χ0n) is 20.6. The second kappa shape index (κ2) is 20.1. The van der Waals surface area contributed by atoms with Gasteiger partial charge in [0.05, 0.1) is 12.6 Å². The van der Waals surface area contributed by atoms with Crippen LogP contribution < -0.4 is 11.5 Å². The highest BCUT2D eigenvalue weighted by Gasteiger charge is 2.42. The minimum atomic E-state index is -1.10. The van der Waals surface area contributed by atoms with Crippen LogP contribution in [0.25, 0.3) is 0 Å². The van der Waals surface area contributed by atoms with Crippen LogP contribution in [0.3, 0.4) is 0 Å². The van der Waals surface area contributed by atoms with E-state index in [2.05, 4.69) is 6.92 Å². The Kier molecular flexibility index (Phi) is 18.7. The van der Waals surface area contributed by atoms with Crippen LogP contribution in [0, 0.1) is 0 Å². The van der Waals surface area contributed by atoms with Gasteiger partial charge < -0.3 is 35.9 Å². The number of ether oxygens (including phenoxy) is 3. The van der Waals surface area contributed by atoms with Crippen molar-refractivity contribution in [2.75, 3.05) is 26.4 Å². The average Bonchev–Trinajstić information content (AvgIpc) is 2.80. The maximum atomic E-state index is 9.96. The maximum Gasteiger partial charge on any atom is 0.175 e. The van der Waals surface area contributed by atoms with E-state index in [1.54, 1.807) is 0 Å². The first-order valence-electron chi connectivity index (χ1n) is 13.3. The van der Waals surface area contributed by atoms with Crippen molar-refractivity contribution in [3.63, 3.8) is 0 Å². The second-order valence-electron chi connectivity index (χ2n) is 9.27. The third kappa shape index (κ3) is 13.4. The first-order valence-corrected chi connectivity index (χ1v) is 13.3. The highest BCUT2D eigenvalue weighted by Crippen LogP contribution is 2.20. The largest absolute Gasteiger partial charge is 0.388 e. The maximum absolute atomic E-state index is 9.96. The number of aliphatic hydroxyl groups excluding tert-OH is 2. The van der Waals surface area contributed by atoms with Gasteiger partial charge in [0.25, 0.3) is 0 Å². The number of aliphatic hydroxyl groups is 2. The summed E-state index contributed by atoms with van der Waals surface area (Å²) in [6, 6.07) is -0.788. The Hall–Kier alpha value is -0.280. The lowest BCUT2D eigenvalue weighted by atomic mass is 9.97. The van der Waals surface area contributed by atoms with E-state index in [1.807, 2.05) is 0 Å². The van der Waals surface area contributed by atoms with Gasteiger partial charge in [-0.2, -0.15) is 0 Å². The second-order valence-corrected chi connectivity index (χ2v) is 9.27. The predicted molar refractivity (Wildman–Crippen MR) is 129 cm³/mol. The molecule has 0 spiro atoms. The van der Waals surface area contributed by atoms with E-state index in [4.69, 9.17) is 25.7 Å². The molecule has 192 valence electrons. The average molecular weight is 461 g/mol. The summed E-state index contributed by atoms with van der Waals surface area (Å²) < 4.78 is 16.8. The van der Waals surface area contributed by atoms with E-state index >= 15 is 0 Å². The standard InChI is InChI=1S/C25H52N2O5/c1-2-3-4-5-6-7-8-9-10-11-12-13-14-15-17-30-18-16-19-31-25-22(27)24(29)23(28)21(20-26)32-25/h21-25,28-29H,2-20,26-27H2,1H3/t21?,22?,23-,24-,25-/m1/s1. The van der Waals surface area contributed by atoms with Gasteiger partial charge in [0.15, 0.2) is 6.29 Å². The summed E-state index contributed by atoms with van der Waals surface area (Å²) in [5, 5.41) is 19.8. The molecule has 1 heterocycles. The number of rotatable bonds is 21. The molecule has 0 aliphatic carbocycles. The molecule has 0 aromatic carbocycles. The molecular weight excluding hydrogens is 408 g/mol. The molecule has 0 bridgehead atoms. The minimum absolute atomic E-state index is 0.104. The first-order chi connectivity index (χ1) is 15.6. The van der Waals surface area contributed by atoms with Gasteiger partial charge in [0.1, 0.15) is 18.3 Å². The molecule has 6 N–H and O–H groups in total. The number of hydrogen-bond acceptors (Lipinski definition) is 7. The molecule has 1 aliphatic rings. The fraction of sp³-hybridized carbons (Fsp3) is 1.00. The lowest BCUT2D eigenvalue weighted by Crippen LogP contribution is -2.63. The van der Waals surface area contributed by atoms with Gasteiger partial charge in [-0.1, -0.05) is 90.4 Å². The van der Waals surface area contributed by atoms with Crippen molar-refractivity contribution >= 4 is 0 Å². The molecule has 32 heavy (non-hydrogen) atoms. The van der Waals surface area contributed by atoms with Crippen molar-refractivity contribution in [3.05, 3.63) is 0 Å². The van der Waals surface area contributed by atoms with Crippen LogP contribution in [0.5, 0.6) is 0 Å². The third-order valence-electron chi connectivity index (χ3n) is 6.34. The summed E-state index contributed by atoms with van der Waals surface area (Å²) in [7, 11) is 0. The number of unbranched alkanes of at least 4 members (excludes halogenated alkanes) is 13. The van der Waals surface area contributed by atoms with E-state index < -0.39 is 30.6 Å². The lowest BCUT2D eigenvalue weighted by Gasteiger charge is -2.40. The van der Waals surface area contributed by atoms with E-state index in [0.29, 0.717) is 13.2 Å². The van der Waals surface area contributed by atoms with Crippen molar-refractivity contribution in [2.45, 2.75) is 134 Å². The van der Waals surface area contributed by atoms with Crippen LogP contribution in [0.1, 0.15) is 103 Å². The van der Waals surface area contributed by atoms with Gasteiger partial charge in [-0.05, 0) is 12.8 Å². The van der Waals surface area contributed by atoms with Crippen molar-refractivity contribution in [1.29, 1.82) is 0 Å².